The summed E-state index contributed by atoms with van der Waals surface area (Å²) in [7, 11) is 0. The Kier molecular flexibility index (Phi) is 7.41. The van der Waals surface area contributed by atoms with E-state index in [1.54, 1.807) is 0 Å². The van der Waals surface area contributed by atoms with Gasteiger partial charge in [-0.05, 0) is 61.3 Å². The van der Waals surface area contributed by atoms with Crippen molar-refractivity contribution in [3.63, 3.8) is 0 Å². The molecule has 1 fully saturated rings. The van der Waals surface area contributed by atoms with Crippen LogP contribution in [0, 0.1) is 16.7 Å². The van der Waals surface area contributed by atoms with E-state index < -0.39 is 0 Å². The number of piperidine rings is 1. The van der Waals surface area contributed by atoms with Crippen LogP contribution in [0.2, 0.25) is 0 Å². The summed E-state index contributed by atoms with van der Waals surface area (Å²) in [5.74, 6) is 1.95. The highest BCUT2D eigenvalue weighted by Gasteiger charge is 2.33. The van der Waals surface area contributed by atoms with Gasteiger partial charge in [0.25, 0.3) is 0 Å². The SMILES string of the molecule is CCCC(CS)(CCC)CN1CCC(C(C)(C)C)CC1. The van der Waals surface area contributed by atoms with Crippen LogP contribution in [0.1, 0.15) is 73.1 Å². The third kappa shape index (κ3) is 5.26. The number of hydrogen-bond acceptors (Lipinski definition) is 2. The maximum Gasteiger partial charge on any atom is 0.00458 e. The van der Waals surface area contributed by atoms with E-state index in [1.165, 1.54) is 58.2 Å². The lowest BCUT2D eigenvalue weighted by atomic mass is 9.74. The zero-order valence-electron chi connectivity index (χ0n) is 14.5. The van der Waals surface area contributed by atoms with Crippen molar-refractivity contribution in [3.05, 3.63) is 0 Å². The molecule has 0 spiro atoms. The van der Waals surface area contributed by atoms with Gasteiger partial charge >= 0.3 is 0 Å². The van der Waals surface area contributed by atoms with Crippen molar-refractivity contribution >= 4 is 12.6 Å². The molecule has 1 saturated heterocycles. The van der Waals surface area contributed by atoms with Crippen LogP contribution in [0.15, 0.2) is 0 Å². The lowest BCUT2D eigenvalue weighted by Crippen LogP contribution is -2.44. The van der Waals surface area contributed by atoms with Crippen molar-refractivity contribution in [2.45, 2.75) is 73.1 Å². The van der Waals surface area contributed by atoms with Crippen LogP contribution < -0.4 is 0 Å². The monoisotopic (exact) mass is 299 g/mol. The van der Waals surface area contributed by atoms with E-state index in [-0.39, 0.29) is 0 Å². The molecule has 0 N–H and O–H groups in total. The van der Waals surface area contributed by atoms with Gasteiger partial charge in [0.15, 0.2) is 0 Å². The van der Waals surface area contributed by atoms with Crippen molar-refractivity contribution in [2.24, 2.45) is 16.7 Å². The quantitative estimate of drug-likeness (QED) is 0.627. The summed E-state index contributed by atoms with van der Waals surface area (Å²) in [4.78, 5) is 2.73. The van der Waals surface area contributed by atoms with E-state index in [0.29, 0.717) is 10.8 Å². The van der Waals surface area contributed by atoms with Crippen LogP contribution in [0.5, 0.6) is 0 Å². The number of nitrogens with zero attached hydrogens (tertiary/aromatic N) is 1. The zero-order valence-corrected chi connectivity index (χ0v) is 15.4. The summed E-state index contributed by atoms with van der Waals surface area (Å²) in [5.41, 5.74) is 0.945. The fourth-order valence-electron chi connectivity index (χ4n) is 3.98. The van der Waals surface area contributed by atoms with Crippen LogP contribution in [0.25, 0.3) is 0 Å². The molecule has 0 amide bonds. The summed E-state index contributed by atoms with van der Waals surface area (Å²) in [6, 6.07) is 0. The molecule has 0 aromatic carbocycles. The third-order valence-electron chi connectivity index (χ3n) is 5.27. The molecule has 0 atom stereocenters. The molecule has 0 aromatic heterocycles. The Hall–Kier alpha value is 0.310. The fraction of sp³-hybridized carbons (Fsp3) is 1.00. The first-order chi connectivity index (χ1) is 9.37. The van der Waals surface area contributed by atoms with Crippen molar-refractivity contribution < 1.29 is 0 Å². The molecular weight excluding hydrogens is 262 g/mol. The number of thiol groups is 1. The Labute approximate surface area is 133 Å². The Bertz CT molecular complexity index is 255. The molecular formula is C18H37NS. The minimum absolute atomic E-state index is 0.460. The average Bonchev–Trinajstić information content (AvgIpc) is 2.39. The Morgan fingerprint density at radius 1 is 1.00 bits per heavy atom. The van der Waals surface area contributed by atoms with Crippen LogP contribution in [0.4, 0.5) is 0 Å². The Morgan fingerprint density at radius 3 is 1.85 bits per heavy atom. The number of likely N-dealkylation sites (tertiary alicyclic amines) is 1. The topological polar surface area (TPSA) is 3.24 Å². The molecule has 0 radical (unpaired) electrons. The van der Waals surface area contributed by atoms with Gasteiger partial charge in [-0.3, -0.25) is 0 Å². The predicted octanol–water partition coefficient (Wildman–Crippen LogP) is 5.26. The highest BCUT2D eigenvalue weighted by Crippen LogP contribution is 2.37. The molecule has 1 aliphatic rings. The molecule has 1 rings (SSSR count). The highest BCUT2D eigenvalue weighted by molar-refractivity contribution is 7.80. The molecule has 1 nitrogen and oxygen atoms in total. The first-order valence-electron chi connectivity index (χ1n) is 8.70. The largest absolute Gasteiger partial charge is 0.303 e. The summed E-state index contributed by atoms with van der Waals surface area (Å²) in [5, 5.41) is 0. The molecule has 1 aliphatic heterocycles. The predicted molar refractivity (Wildman–Crippen MR) is 94.7 cm³/mol. The second-order valence-electron chi connectivity index (χ2n) is 8.07. The number of hydrogen-bond donors (Lipinski definition) is 1. The van der Waals surface area contributed by atoms with Crippen molar-refractivity contribution in [2.75, 3.05) is 25.4 Å². The Morgan fingerprint density at radius 2 is 1.50 bits per heavy atom. The maximum atomic E-state index is 4.71. The van der Waals surface area contributed by atoms with Gasteiger partial charge in [-0.1, -0.05) is 47.5 Å². The van der Waals surface area contributed by atoms with E-state index in [1.807, 2.05) is 0 Å². The van der Waals surface area contributed by atoms with Gasteiger partial charge in [0, 0.05) is 6.54 Å². The van der Waals surface area contributed by atoms with Crippen molar-refractivity contribution in [3.8, 4) is 0 Å². The minimum Gasteiger partial charge on any atom is -0.303 e. The van der Waals surface area contributed by atoms with E-state index >= 15 is 0 Å². The molecule has 2 heteroatoms. The average molecular weight is 300 g/mol. The first kappa shape index (κ1) is 18.4. The highest BCUT2D eigenvalue weighted by atomic mass is 32.1. The van der Waals surface area contributed by atoms with Crippen LogP contribution in [-0.2, 0) is 0 Å². The molecule has 20 heavy (non-hydrogen) atoms. The van der Waals surface area contributed by atoms with Crippen molar-refractivity contribution in [1.82, 2.24) is 4.90 Å². The van der Waals surface area contributed by atoms with Gasteiger partial charge in [-0.25, -0.2) is 0 Å². The molecule has 0 bridgehead atoms. The lowest BCUT2D eigenvalue weighted by molar-refractivity contribution is 0.0742. The third-order valence-corrected chi connectivity index (χ3v) is 5.94. The van der Waals surface area contributed by atoms with Crippen LogP contribution in [0.3, 0.4) is 0 Å². The first-order valence-corrected chi connectivity index (χ1v) is 9.33. The fourth-order valence-corrected chi connectivity index (χ4v) is 4.40. The molecule has 120 valence electrons. The smallest absolute Gasteiger partial charge is 0.00458 e. The van der Waals surface area contributed by atoms with Gasteiger partial charge in [0.1, 0.15) is 0 Å². The van der Waals surface area contributed by atoms with Gasteiger partial charge in [0.05, 0.1) is 0 Å². The normalized spacial score (nSPS) is 19.5. The van der Waals surface area contributed by atoms with E-state index in [2.05, 4.69) is 39.5 Å². The molecule has 0 saturated carbocycles. The van der Waals surface area contributed by atoms with E-state index in [0.717, 1.165) is 11.7 Å². The van der Waals surface area contributed by atoms with Gasteiger partial charge < -0.3 is 4.90 Å². The lowest BCUT2D eigenvalue weighted by Gasteiger charge is -2.43. The van der Waals surface area contributed by atoms with E-state index in [4.69, 9.17) is 12.6 Å². The summed E-state index contributed by atoms with van der Waals surface area (Å²) in [6.07, 6.45) is 8.01. The summed E-state index contributed by atoms with van der Waals surface area (Å²) >= 11 is 4.71. The Balaban J connectivity index is 2.55. The van der Waals surface area contributed by atoms with Gasteiger partial charge in [-0.2, -0.15) is 12.6 Å². The van der Waals surface area contributed by atoms with Crippen LogP contribution >= 0.6 is 12.6 Å². The zero-order chi connectivity index (χ0) is 15.2. The maximum absolute atomic E-state index is 4.71. The van der Waals surface area contributed by atoms with Gasteiger partial charge in [0.2, 0.25) is 0 Å². The van der Waals surface area contributed by atoms with Gasteiger partial charge in [-0.15, -0.1) is 0 Å². The minimum atomic E-state index is 0.460. The molecule has 0 unspecified atom stereocenters. The van der Waals surface area contributed by atoms with E-state index in [9.17, 15) is 0 Å². The van der Waals surface area contributed by atoms with Crippen molar-refractivity contribution in [1.29, 1.82) is 0 Å². The second kappa shape index (κ2) is 8.08. The molecule has 1 heterocycles. The second-order valence-corrected chi connectivity index (χ2v) is 8.39. The summed E-state index contributed by atoms with van der Waals surface area (Å²) < 4.78 is 0. The number of rotatable bonds is 7. The van der Waals surface area contributed by atoms with Crippen LogP contribution in [-0.4, -0.2) is 30.3 Å². The molecule has 0 aliphatic carbocycles. The molecule has 0 aromatic rings. The summed E-state index contributed by atoms with van der Waals surface area (Å²) in [6.45, 7) is 15.7. The standard InChI is InChI=1S/C18H37NS/c1-6-10-18(15-20,11-7-2)14-19-12-8-16(9-13-19)17(3,4)5/h16,20H,6-15H2,1-5H3.